The topological polar surface area (TPSA) is 52.6 Å². The van der Waals surface area contributed by atoms with Gasteiger partial charge in [0.15, 0.2) is 0 Å². The molecule has 0 fully saturated rings. The lowest BCUT2D eigenvalue weighted by atomic mass is 10.1. The molecule has 0 saturated carbocycles. The Balaban J connectivity index is 2.89. The molecule has 8 heteroatoms. The second-order valence-electron chi connectivity index (χ2n) is 6.40. The summed E-state index contributed by atoms with van der Waals surface area (Å²) in [6.45, 7) is 4.66. The van der Waals surface area contributed by atoms with Crippen LogP contribution >= 0.6 is 46.4 Å². The Morgan fingerprint density at radius 3 is 1.21 bits per heavy atom. The van der Waals surface area contributed by atoms with Crippen LogP contribution in [0.1, 0.15) is 85.9 Å². The average molecular weight is 472 g/mol. The van der Waals surface area contributed by atoms with Gasteiger partial charge in [-0.25, -0.2) is 9.59 Å². The Kier molecular flexibility index (Phi) is 12.2. The molecule has 0 N–H and O–H groups in total. The number of carbonyl (C=O) groups excluding carboxylic acids is 2. The molecule has 0 bridgehead atoms. The normalized spacial score (nSPS) is 10.8. The number of ether oxygens (including phenoxy) is 2. The molecule has 0 saturated heterocycles. The molecule has 1 aromatic carbocycles. The molecule has 158 valence electrons. The lowest BCUT2D eigenvalue weighted by Gasteiger charge is -2.14. The Labute approximate surface area is 186 Å². The van der Waals surface area contributed by atoms with Crippen molar-refractivity contribution in [1.29, 1.82) is 0 Å². The second-order valence-corrected chi connectivity index (χ2v) is 7.91. The van der Waals surface area contributed by atoms with E-state index in [1.54, 1.807) is 0 Å². The number of esters is 2. The van der Waals surface area contributed by atoms with E-state index in [4.69, 9.17) is 55.9 Å². The van der Waals surface area contributed by atoms with Crippen molar-refractivity contribution < 1.29 is 19.1 Å². The molecule has 0 aliphatic carbocycles. The zero-order chi connectivity index (χ0) is 21.1. The SMILES string of the molecule is CCCCCCOC(=O)c1c(Cl)c(Cl)c(C(=O)OCCCCCC)c(Cl)c1Cl. The minimum absolute atomic E-state index is 0.145. The van der Waals surface area contributed by atoms with E-state index in [1.807, 2.05) is 0 Å². The van der Waals surface area contributed by atoms with Crippen molar-refractivity contribution >= 4 is 58.3 Å². The van der Waals surface area contributed by atoms with E-state index >= 15 is 0 Å². The first-order valence-electron chi connectivity index (χ1n) is 9.56. The third kappa shape index (κ3) is 7.29. The Bertz CT molecular complexity index is 591. The van der Waals surface area contributed by atoms with Crippen LogP contribution < -0.4 is 0 Å². The fourth-order valence-electron chi connectivity index (χ4n) is 2.52. The maximum absolute atomic E-state index is 12.4. The first-order valence-corrected chi connectivity index (χ1v) is 11.1. The van der Waals surface area contributed by atoms with E-state index in [-0.39, 0.29) is 44.4 Å². The van der Waals surface area contributed by atoms with Crippen molar-refractivity contribution in [2.75, 3.05) is 13.2 Å². The zero-order valence-electron chi connectivity index (χ0n) is 16.2. The van der Waals surface area contributed by atoms with Crippen molar-refractivity contribution in [3.05, 3.63) is 31.2 Å². The number of benzene rings is 1. The summed E-state index contributed by atoms with van der Waals surface area (Å²) in [5.41, 5.74) is -0.290. The molecule has 1 rings (SSSR count). The highest BCUT2D eigenvalue weighted by atomic mass is 35.5. The summed E-state index contributed by atoms with van der Waals surface area (Å²) in [4.78, 5) is 24.7. The van der Waals surface area contributed by atoms with E-state index in [2.05, 4.69) is 13.8 Å². The lowest BCUT2D eigenvalue weighted by molar-refractivity contribution is 0.0483. The fraction of sp³-hybridized carbons (Fsp3) is 0.600. The van der Waals surface area contributed by atoms with Gasteiger partial charge in [-0.05, 0) is 12.8 Å². The van der Waals surface area contributed by atoms with Crippen molar-refractivity contribution in [1.82, 2.24) is 0 Å². The molecule has 0 aromatic heterocycles. The van der Waals surface area contributed by atoms with Crippen molar-refractivity contribution in [3.8, 4) is 0 Å². The summed E-state index contributed by atoms with van der Waals surface area (Å²) in [6, 6.07) is 0. The molecule has 1 aromatic rings. The van der Waals surface area contributed by atoms with Crippen LogP contribution in [0.4, 0.5) is 0 Å². The van der Waals surface area contributed by atoms with Gasteiger partial charge in [-0.15, -0.1) is 0 Å². The van der Waals surface area contributed by atoms with Gasteiger partial charge in [0.05, 0.1) is 44.4 Å². The standard InChI is InChI=1S/C20H26Cl4O4/c1-3-5-7-9-11-27-19(25)13-15(21)17(23)14(18(24)16(13)22)20(26)28-12-10-8-6-4-2/h3-12H2,1-2H3. The van der Waals surface area contributed by atoms with Gasteiger partial charge < -0.3 is 9.47 Å². The van der Waals surface area contributed by atoms with Gasteiger partial charge in [-0.2, -0.15) is 0 Å². The van der Waals surface area contributed by atoms with Gasteiger partial charge in [0.1, 0.15) is 0 Å². The van der Waals surface area contributed by atoms with Gasteiger partial charge in [-0.1, -0.05) is 98.8 Å². The molecule has 0 aliphatic heterocycles. The van der Waals surface area contributed by atoms with Gasteiger partial charge in [0.25, 0.3) is 0 Å². The summed E-state index contributed by atoms with van der Waals surface area (Å²) < 4.78 is 10.4. The number of hydrogen-bond acceptors (Lipinski definition) is 4. The molecule has 28 heavy (non-hydrogen) atoms. The van der Waals surface area contributed by atoms with Crippen LogP contribution in [-0.2, 0) is 9.47 Å². The first kappa shape index (κ1) is 25.4. The second kappa shape index (κ2) is 13.5. The summed E-state index contributed by atoms with van der Waals surface area (Å²) in [5.74, 6) is -1.45. The monoisotopic (exact) mass is 470 g/mol. The number of unbranched alkanes of at least 4 members (excludes halogenated alkanes) is 6. The predicted octanol–water partition coefficient (Wildman–Crippen LogP) is 7.77. The minimum Gasteiger partial charge on any atom is -0.462 e. The third-order valence-electron chi connectivity index (χ3n) is 4.13. The number of hydrogen-bond donors (Lipinski definition) is 0. The number of halogens is 4. The number of carbonyl (C=O) groups is 2. The maximum Gasteiger partial charge on any atom is 0.341 e. The van der Waals surface area contributed by atoms with E-state index in [0.717, 1.165) is 51.4 Å². The lowest BCUT2D eigenvalue weighted by Crippen LogP contribution is -2.13. The molecule has 0 unspecified atom stereocenters. The van der Waals surface area contributed by atoms with Crippen LogP contribution in [0.2, 0.25) is 20.1 Å². The van der Waals surface area contributed by atoms with Crippen molar-refractivity contribution in [3.63, 3.8) is 0 Å². The highest BCUT2D eigenvalue weighted by Gasteiger charge is 2.29. The van der Waals surface area contributed by atoms with E-state index in [1.165, 1.54) is 0 Å². The first-order chi connectivity index (χ1) is 13.4. The Morgan fingerprint density at radius 1 is 0.607 bits per heavy atom. The largest absolute Gasteiger partial charge is 0.462 e. The number of rotatable bonds is 12. The van der Waals surface area contributed by atoms with Gasteiger partial charge in [0, 0.05) is 0 Å². The molecular formula is C20H26Cl4O4. The quantitative estimate of drug-likeness (QED) is 0.177. The summed E-state index contributed by atoms with van der Waals surface area (Å²) >= 11 is 24.8. The molecule has 4 nitrogen and oxygen atoms in total. The van der Waals surface area contributed by atoms with Crippen LogP contribution in [-0.4, -0.2) is 25.2 Å². The van der Waals surface area contributed by atoms with Crippen LogP contribution in [0.3, 0.4) is 0 Å². The Morgan fingerprint density at radius 2 is 0.929 bits per heavy atom. The summed E-state index contributed by atoms with van der Waals surface area (Å²) in [6.07, 6.45) is 7.65. The smallest absolute Gasteiger partial charge is 0.341 e. The Hall–Kier alpha value is -0.680. The molecule has 0 atom stereocenters. The highest BCUT2D eigenvalue weighted by Crippen LogP contribution is 2.41. The van der Waals surface area contributed by atoms with Crippen LogP contribution in [0.25, 0.3) is 0 Å². The molecule has 0 amide bonds. The van der Waals surface area contributed by atoms with Crippen LogP contribution in [0.5, 0.6) is 0 Å². The molecule has 0 heterocycles. The van der Waals surface area contributed by atoms with Crippen molar-refractivity contribution in [2.24, 2.45) is 0 Å². The molecule has 0 aliphatic rings. The van der Waals surface area contributed by atoms with Crippen molar-refractivity contribution in [2.45, 2.75) is 65.2 Å². The average Bonchev–Trinajstić information content (AvgIpc) is 2.66. The predicted molar refractivity (Wildman–Crippen MR) is 115 cm³/mol. The molecular weight excluding hydrogens is 446 g/mol. The van der Waals surface area contributed by atoms with Crippen LogP contribution in [0, 0.1) is 0 Å². The van der Waals surface area contributed by atoms with E-state index < -0.39 is 11.9 Å². The van der Waals surface area contributed by atoms with Crippen LogP contribution in [0.15, 0.2) is 0 Å². The highest BCUT2D eigenvalue weighted by molar-refractivity contribution is 6.52. The molecule has 0 spiro atoms. The zero-order valence-corrected chi connectivity index (χ0v) is 19.2. The van der Waals surface area contributed by atoms with Gasteiger partial charge in [0.2, 0.25) is 0 Å². The fourth-order valence-corrected chi connectivity index (χ4v) is 3.68. The summed E-state index contributed by atoms with van der Waals surface area (Å²) in [5, 5.41) is -0.694. The third-order valence-corrected chi connectivity index (χ3v) is 5.84. The van der Waals surface area contributed by atoms with E-state index in [9.17, 15) is 9.59 Å². The summed E-state index contributed by atoms with van der Waals surface area (Å²) in [7, 11) is 0. The minimum atomic E-state index is -0.727. The maximum atomic E-state index is 12.4. The van der Waals surface area contributed by atoms with E-state index in [0.29, 0.717) is 0 Å². The van der Waals surface area contributed by atoms with Gasteiger partial charge in [-0.3, -0.25) is 0 Å². The van der Waals surface area contributed by atoms with Gasteiger partial charge >= 0.3 is 11.9 Å². The molecule has 0 radical (unpaired) electrons.